The van der Waals surface area contributed by atoms with Gasteiger partial charge >= 0.3 is 0 Å². The van der Waals surface area contributed by atoms with Gasteiger partial charge in [0.15, 0.2) is 5.96 Å². The van der Waals surface area contributed by atoms with Gasteiger partial charge in [-0.25, -0.2) is 0 Å². The number of unbranched alkanes of at least 4 members (excludes halogenated alkanes) is 4. The van der Waals surface area contributed by atoms with E-state index in [4.69, 9.17) is 5.73 Å². The maximum atomic E-state index is 5.82. The summed E-state index contributed by atoms with van der Waals surface area (Å²) in [6.07, 6.45) is 7.30. The number of hydrogen-bond donors (Lipinski definition) is 2. The Kier molecular flexibility index (Phi) is 8.52. The van der Waals surface area contributed by atoms with Crippen LogP contribution in [0.2, 0.25) is 0 Å². The van der Waals surface area contributed by atoms with Crippen LogP contribution in [-0.4, -0.2) is 19.0 Å². The van der Waals surface area contributed by atoms with Gasteiger partial charge < -0.3 is 11.1 Å². The van der Waals surface area contributed by atoms with Gasteiger partial charge in [-0.15, -0.1) is 0 Å². The molecule has 0 bridgehead atoms. The van der Waals surface area contributed by atoms with Gasteiger partial charge in [0.2, 0.25) is 0 Å². The zero-order valence-electron chi connectivity index (χ0n) is 12.1. The highest BCUT2D eigenvalue weighted by Crippen LogP contribution is 2.02. The molecule has 0 saturated heterocycles. The summed E-state index contributed by atoms with van der Waals surface area (Å²) in [5.74, 6) is 0.575. The first-order valence-corrected chi connectivity index (χ1v) is 7.40. The van der Waals surface area contributed by atoms with E-state index >= 15 is 0 Å². The summed E-state index contributed by atoms with van der Waals surface area (Å²) < 4.78 is 0. The van der Waals surface area contributed by atoms with Gasteiger partial charge in [-0.05, 0) is 18.4 Å². The Bertz CT molecular complexity index is 346. The minimum atomic E-state index is 0.575. The van der Waals surface area contributed by atoms with E-state index in [1.165, 1.54) is 31.2 Å². The molecule has 0 aromatic heterocycles. The smallest absolute Gasteiger partial charge is 0.188 e. The highest BCUT2D eigenvalue weighted by molar-refractivity contribution is 5.77. The fraction of sp³-hybridized carbons (Fsp3) is 0.562. The fourth-order valence-electron chi connectivity index (χ4n) is 1.95. The molecule has 0 aliphatic rings. The summed E-state index contributed by atoms with van der Waals surface area (Å²) in [6.45, 7) is 3.91. The maximum absolute atomic E-state index is 5.82. The van der Waals surface area contributed by atoms with Crippen LogP contribution in [0.3, 0.4) is 0 Å². The van der Waals surface area contributed by atoms with Crippen LogP contribution < -0.4 is 11.1 Å². The predicted molar refractivity (Wildman–Crippen MR) is 83.4 cm³/mol. The first-order chi connectivity index (χ1) is 9.33. The maximum Gasteiger partial charge on any atom is 0.188 e. The van der Waals surface area contributed by atoms with Crippen LogP contribution in [0.25, 0.3) is 0 Å². The van der Waals surface area contributed by atoms with E-state index in [0.29, 0.717) is 5.96 Å². The molecule has 0 spiro atoms. The molecule has 0 atom stereocenters. The van der Waals surface area contributed by atoms with E-state index < -0.39 is 0 Å². The molecular weight excluding hydrogens is 234 g/mol. The quantitative estimate of drug-likeness (QED) is 0.408. The lowest BCUT2D eigenvalue weighted by molar-refractivity contribution is 0.637. The molecule has 0 saturated carbocycles. The Morgan fingerprint density at radius 3 is 2.58 bits per heavy atom. The molecule has 1 rings (SSSR count). The molecule has 19 heavy (non-hydrogen) atoms. The predicted octanol–water partition coefficient (Wildman–Crippen LogP) is 3.10. The van der Waals surface area contributed by atoms with Gasteiger partial charge in [0.05, 0.1) is 0 Å². The van der Waals surface area contributed by atoms with Crippen molar-refractivity contribution in [2.24, 2.45) is 10.7 Å². The van der Waals surface area contributed by atoms with Crippen molar-refractivity contribution in [2.75, 3.05) is 13.1 Å². The summed E-state index contributed by atoms with van der Waals surface area (Å²) in [4.78, 5) is 4.34. The SMILES string of the molecule is CCCCCCCN=C(N)NCCc1ccccc1. The molecule has 0 radical (unpaired) electrons. The van der Waals surface area contributed by atoms with E-state index in [1.54, 1.807) is 0 Å². The van der Waals surface area contributed by atoms with E-state index in [-0.39, 0.29) is 0 Å². The van der Waals surface area contributed by atoms with Gasteiger partial charge in [0.1, 0.15) is 0 Å². The third-order valence-electron chi connectivity index (χ3n) is 3.11. The number of nitrogens with one attached hydrogen (secondary N) is 1. The van der Waals surface area contributed by atoms with E-state index in [9.17, 15) is 0 Å². The second kappa shape index (κ2) is 10.4. The third kappa shape index (κ3) is 8.25. The lowest BCUT2D eigenvalue weighted by Crippen LogP contribution is -2.33. The van der Waals surface area contributed by atoms with Crippen molar-refractivity contribution in [2.45, 2.75) is 45.4 Å². The Labute approximate surface area is 117 Å². The first kappa shape index (κ1) is 15.5. The van der Waals surface area contributed by atoms with Crippen molar-refractivity contribution in [3.63, 3.8) is 0 Å². The zero-order valence-corrected chi connectivity index (χ0v) is 12.1. The standard InChI is InChI=1S/C16H27N3/c1-2-3-4-5-9-13-18-16(17)19-14-12-15-10-7-6-8-11-15/h6-8,10-11H,2-5,9,12-14H2,1H3,(H3,17,18,19). The molecular formula is C16H27N3. The number of nitrogens with zero attached hydrogens (tertiary/aromatic N) is 1. The van der Waals surface area contributed by atoms with Crippen molar-refractivity contribution >= 4 is 5.96 Å². The molecule has 1 aromatic carbocycles. The van der Waals surface area contributed by atoms with Gasteiger partial charge in [-0.1, -0.05) is 62.9 Å². The topological polar surface area (TPSA) is 50.4 Å². The molecule has 0 aliphatic heterocycles. The Morgan fingerprint density at radius 2 is 1.84 bits per heavy atom. The van der Waals surface area contributed by atoms with Crippen LogP contribution in [0.15, 0.2) is 35.3 Å². The van der Waals surface area contributed by atoms with Crippen LogP contribution in [-0.2, 0) is 6.42 Å². The van der Waals surface area contributed by atoms with Crippen LogP contribution in [0, 0.1) is 0 Å². The lowest BCUT2D eigenvalue weighted by Gasteiger charge is -2.05. The second-order valence-corrected chi connectivity index (χ2v) is 4.84. The van der Waals surface area contributed by atoms with Crippen LogP contribution in [0.5, 0.6) is 0 Å². The highest BCUT2D eigenvalue weighted by atomic mass is 15.1. The Hall–Kier alpha value is -1.51. The zero-order chi connectivity index (χ0) is 13.8. The molecule has 0 amide bonds. The van der Waals surface area contributed by atoms with Crippen molar-refractivity contribution in [3.05, 3.63) is 35.9 Å². The molecule has 106 valence electrons. The summed E-state index contributed by atoms with van der Waals surface area (Å²) in [5.41, 5.74) is 7.14. The average molecular weight is 261 g/mol. The van der Waals surface area contributed by atoms with Gasteiger partial charge in [0, 0.05) is 13.1 Å². The van der Waals surface area contributed by atoms with Gasteiger partial charge in [0.25, 0.3) is 0 Å². The molecule has 1 aromatic rings. The van der Waals surface area contributed by atoms with Crippen LogP contribution in [0.1, 0.15) is 44.6 Å². The second-order valence-electron chi connectivity index (χ2n) is 4.84. The normalized spacial score (nSPS) is 11.5. The molecule has 0 unspecified atom stereocenters. The molecule has 0 fully saturated rings. The first-order valence-electron chi connectivity index (χ1n) is 7.40. The summed E-state index contributed by atoms with van der Waals surface area (Å²) >= 11 is 0. The number of rotatable bonds is 9. The number of benzene rings is 1. The number of nitrogens with two attached hydrogens (primary N) is 1. The Balaban J connectivity index is 2.05. The summed E-state index contributed by atoms with van der Waals surface area (Å²) in [7, 11) is 0. The van der Waals surface area contributed by atoms with E-state index in [0.717, 1.165) is 25.9 Å². The van der Waals surface area contributed by atoms with Crippen molar-refractivity contribution in [3.8, 4) is 0 Å². The van der Waals surface area contributed by atoms with Crippen molar-refractivity contribution in [1.29, 1.82) is 0 Å². The lowest BCUT2D eigenvalue weighted by atomic mass is 10.1. The highest BCUT2D eigenvalue weighted by Gasteiger charge is 1.94. The third-order valence-corrected chi connectivity index (χ3v) is 3.11. The molecule has 3 nitrogen and oxygen atoms in total. The average Bonchev–Trinajstić information content (AvgIpc) is 2.44. The molecule has 3 N–H and O–H groups in total. The minimum absolute atomic E-state index is 0.575. The molecule has 3 heteroatoms. The largest absolute Gasteiger partial charge is 0.370 e. The van der Waals surface area contributed by atoms with E-state index in [1.807, 2.05) is 6.07 Å². The van der Waals surface area contributed by atoms with Crippen LogP contribution in [0.4, 0.5) is 0 Å². The Morgan fingerprint density at radius 1 is 1.11 bits per heavy atom. The number of hydrogen-bond acceptors (Lipinski definition) is 1. The van der Waals surface area contributed by atoms with Gasteiger partial charge in [-0.2, -0.15) is 0 Å². The van der Waals surface area contributed by atoms with Gasteiger partial charge in [-0.3, -0.25) is 4.99 Å². The molecule has 0 aliphatic carbocycles. The monoisotopic (exact) mass is 261 g/mol. The number of aliphatic imine (C=N–C) groups is 1. The number of guanidine groups is 1. The van der Waals surface area contributed by atoms with Crippen molar-refractivity contribution in [1.82, 2.24) is 5.32 Å². The summed E-state index contributed by atoms with van der Waals surface area (Å²) in [6, 6.07) is 10.4. The molecule has 0 heterocycles. The van der Waals surface area contributed by atoms with E-state index in [2.05, 4.69) is 41.5 Å². The fourth-order valence-corrected chi connectivity index (χ4v) is 1.95. The summed E-state index contributed by atoms with van der Waals surface area (Å²) in [5, 5.41) is 3.16. The van der Waals surface area contributed by atoms with Crippen LogP contribution >= 0.6 is 0 Å². The van der Waals surface area contributed by atoms with Crippen molar-refractivity contribution < 1.29 is 0 Å². The minimum Gasteiger partial charge on any atom is -0.370 e.